The van der Waals surface area contributed by atoms with Crippen molar-refractivity contribution in [1.82, 2.24) is 5.32 Å². The fraction of sp³-hybridized carbons (Fsp3) is 0.263. The molecule has 0 saturated carbocycles. The molecule has 150 valence electrons. The second kappa shape index (κ2) is 9.95. The van der Waals surface area contributed by atoms with Crippen LogP contribution in [0.25, 0.3) is 0 Å². The van der Waals surface area contributed by atoms with Crippen LogP contribution in [0.4, 0.5) is 5.69 Å². The molecule has 1 unspecified atom stereocenters. The van der Waals surface area contributed by atoms with Crippen molar-refractivity contribution >= 4 is 50.7 Å². The highest BCUT2D eigenvalue weighted by atomic mass is 35.5. The number of carbonyl (C=O) groups is 2. The summed E-state index contributed by atoms with van der Waals surface area (Å²) in [6, 6.07) is 12.6. The van der Waals surface area contributed by atoms with Gasteiger partial charge in [-0.05, 0) is 49.1 Å². The largest absolute Gasteiger partial charge is 0.340 e. The summed E-state index contributed by atoms with van der Waals surface area (Å²) in [4.78, 5) is 26.2. The second-order valence-electron chi connectivity index (χ2n) is 6.14. The summed E-state index contributed by atoms with van der Waals surface area (Å²) in [5.74, 6) is -1.28. The molecular formula is C19H21ClN2O4S2. The molecule has 9 heteroatoms. The minimum Gasteiger partial charge on any atom is -0.340 e. The van der Waals surface area contributed by atoms with Gasteiger partial charge in [0.25, 0.3) is 5.91 Å². The lowest BCUT2D eigenvalue weighted by atomic mass is 10.1. The Morgan fingerprint density at radius 1 is 1.11 bits per heavy atom. The van der Waals surface area contributed by atoms with Crippen LogP contribution in [0.1, 0.15) is 16.8 Å². The first-order valence-electron chi connectivity index (χ1n) is 8.37. The molecule has 6 nitrogen and oxygen atoms in total. The maximum absolute atomic E-state index is 12.7. The van der Waals surface area contributed by atoms with Gasteiger partial charge in [0.05, 0.1) is 16.3 Å². The molecule has 2 aromatic rings. The number of nitrogens with one attached hydrogen (secondary N) is 2. The van der Waals surface area contributed by atoms with Crippen LogP contribution in [-0.2, 0) is 14.6 Å². The highest BCUT2D eigenvalue weighted by molar-refractivity contribution is 7.98. The van der Waals surface area contributed by atoms with E-state index in [0.717, 1.165) is 11.2 Å². The minimum absolute atomic E-state index is 0.0518. The summed E-state index contributed by atoms with van der Waals surface area (Å²) in [5, 5.41) is 5.54. The smallest absolute Gasteiger partial charge is 0.253 e. The Morgan fingerprint density at radius 2 is 1.75 bits per heavy atom. The number of hydrogen-bond acceptors (Lipinski definition) is 5. The summed E-state index contributed by atoms with van der Waals surface area (Å²) in [5.41, 5.74) is 0.768. The van der Waals surface area contributed by atoms with Crippen LogP contribution in [0, 0.1) is 0 Å². The second-order valence-corrected chi connectivity index (χ2v) is 9.69. The summed E-state index contributed by atoms with van der Waals surface area (Å²) in [6.07, 6.45) is 2.97. The van der Waals surface area contributed by atoms with Gasteiger partial charge < -0.3 is 10.6 Å². The van der Waals surface area contributed by atoms with Crippen LogP contribution >= 0.6 is 23.4 Å². The molecular weight excluding hydrogens is 420 g/mol. The normalized spacial score (nSPS) is 12.2. The first kappa shape index (κ1) is 22.3. The van der Waals surface area contributed by atoms with Gasteiger partial charge >= 0.3 is 0 Å². The number of halogens is 1. The predicted octanol–water partition coefficient (Wildman–Crippen LogP) is 3.23. The number of hydrogen-bond donors (Lipinski definition) is 2. The molecule has 0 spiro atoms. The molecule has 0 aromatic heterocycles. The van der Waals surface area contributed by atoms with Gasteiger partial charge in [0.2, 0.25) is 5.91 Å². The monoisotopic (exact) mass is 440 g/mol. The first-order valence-corrected chi connectivity index (χ1v) is 12.0. The number of thioether (sulfide) groups is 1. The van der Waals surface area contributed by atoms with Crippen molar-refractivity contribution in [2.75, 3.05) is 23.6 Å². The average molecular weight is 441 g/mol. The van der Waals surface area contributed by atoms with Crippen LogP contribution in [0.2, 0.25) is 5.02 Å². The quantitative estimate of drug-likeness (QED) is 0.615. The Balaban J connectivity index is 2.16. The van der Waals surface area contributed by atoms with Gasteiger partial charge in [-0.15, -0.1) is 11.8 Å². The van der Waals surface area contributed by atoms with E-state index in [4.69, 9.17) is 11.6 Å². The van der Waals surface area contributed by atoms with E-state index < -0.39 is 27.7 Å². The zero-order valence-electron chi connectivity index (χ0n) is 15.4. The first-order chi connectivity index (χ1) is 13.2. The molecule has 2 aromatic carbocycles. The molecule has 2 N–H and O–H groups in total. The van der Waals surface area contributed by atoms with Crippen molar-refractivity contribution in [3.05, 3.63) is 59.1 Å². The zero-order valence-corrected chi connectivity index (χ0v) is 17.8. The van der Waals surface area contributed by atoms with Crippen molar-refractivity contribution in [3.63, 3.8) is 0 Å². The van der Waals surface area contributed by atoms with Crippen LogP contribution < -0.4 is 10.6 Å². The highest BCUT2D eigenvalue weighted by Gasteiger charge is 2.24. The van der Waals surface area contributed by atoms with Crippen molar-refractivity contribution < 1.29 is 18.0 Å². The molecule has 1 atom stereocenters. The van der Waals surface area contributed by atoms with Crippen LogP contribution in [0.15, 0.2) is 53.4 Å². The third-order valence-corrected chi connectivity index (χ3v) is 5.93. The Kier molecular flexibility index (Phi) is 7.91. The molecule has 0 heterocycles. The zero-order chi connectivity index (χ0) is 20.7. The van der Waals surface area contributed by atoms with E-state index in [0.29, 0.717) is 5.69 Å². The Bertz CT molecular complexity index is 947. The Hall–Kier alpha value is -2.03. The number of anilines is 1. The van der Waals surface area contributed by atoms with Gasteiger partial charge in [0, 0.05) is 16.8 Å². The predicted molar refractivity (Wildman–Crippen MR) is 114 cm³/mol. The summed E-state index contributed by atoms with van der Waals surface area (Å²) < 4.78 is 23.1. The molecule has 0 aliphatic rings. The SMILES string of the molecule is CSc1ccc(NC(=O)C(CCS(C)(=O)=O)NC(=O)c2ccccc2Cl)cc1. The van der Waals surface area contributed by atoms with Gasteiger partial charge in [0.1, 0.15) is 15.9 Å². The standard InChI is InChI=1S/C19H21ClN2O4S2/c1-27-14-9-7-13(8-10-14)21-19(24)17(11-12-28(2,25)26)22-18(23)15-5-3-4-6-16(15)20/h3-10,17H,11-12H2,1-2H3,(H,21,24)(H,22,23). The van der Waals surface area contributed by atoms with Crippen molar-refractivity contribution in [2.45, 2.75) is 17.4 Å². The maximum Gasteiger partial charge on any atom is 0.253 e. The van der Waals surface area contributed by atoms with Gasteiger partial charge in [-0.25, -0.2) is 8.42 Å². The molecule has 0 bridgehead atoms. The van der Waals surface area contributed by atoms with Gasteiger partial charge in [-0.1, -0.05) is 23.7 Å². The lowest BCUT2D eigenvalue weighted by molar-refractivity contribution is -0.118. The van der Waals surface area contributed by atoms with Crippen molar-refractivity contribution in [3.8, 4) is 0 Å². The van der Waals surface area contributed by atoms with E-state index in [1.54, 1.807) is 42.1 Å². The summed E-state index contributed by atoms with van der Waals surface area (Å²) in [7, 11) is -3.30. The van der Waals surface area contributed by atoms with Gasteiger partial charge in [-0.2, -0.15) is 0 Å². The van der Waals surface area contributed by atoms with Crippen molar-refractivity contribution in [2.24, 2.45) is 0 Å². The molecule has 0 saturated heterocycles. The lowest BCUT2D eigenvalue weighted by Crippen LogP contribution is -2.44. The molecule has 0 radical (unpaired) electrons. The Morgan fingerprint density at radius 3 is 2.32 bits per heavy atom. The topological polar surface area (TPSA) is 92.3 Å². The number of rotatable bonds is 8. The molecule has 2 rings (SSSR count). The van der Waals surface area contributed by atoms with E-state index in [2.05, 4.69) is 10.6 Å². The minimum atomic E-state index is -3.30. The van der Waals surface area contributed by atoms with Crippen LogP contribution in [0.5, 0.6) is 0 Å². The van der Waals surface area contributed by atoms with E-state index in [-0.39, 0.29) is 22.8 Å². The highest BCUT2D eigenvalue weighted by Crippen LogP contribution is 2.18. The van der Waals surface area contributed by atoms with E-state index >= 15 is 0 Å². The van der Waals surface area contributed by atoms with E-state index in [1.807, 2.05) is 18.4 Å². The molecule has 0 fully saturated rings. The van der Waals surface area contributed by atoms with Crippen LogP contribution in [0.3, 0.4) is 0 Å². The molecule has 2 amide bonds. The van der Waals surface area contributed by atoms with Crippen molar-refractivity contribution in [1.29, 1.82) is 0 Å². The molecule has 0 aliphatic carbocycles. The third-order valence-electron chi connectivity index (χ3n) is 3.88. The lowest BCUT2D eigenvalue weighted by Gasteiger charge is -2.19. The Labute approximate surface area is 174 Å². The van der Waals surface area contributed by atoms with Crippen LogP contribution in [-0.4, -0.2) is 44.5 Å². The fourth-order valence-corrected chi connectivity index (χ4v) is 3.68. The number of carbonyl (C=O) groups excluding carboxylic acids is 2. The van der Waals surface area contributed by atoms with Gasteiger partial charge in [0.15, 0.2) is 0 Å². The summed E-state index contributed by atoms with van der Waals surface area (Å²) in [6.45, 7) is 0. The summed E-state index contributed by atoms with van der Waals surface area (Å²) >= 11 is 7.60. The number of benzene rings is 2. The molecule has 0 aliphatic heterocycles. The fourth-order valence-electron chi connectivity index (χ4n) is 2.39. The average Bonchev–Trinajstić information content (AvgIpc) is 2.65. The number of amides is 2. The number of sulfone groups is 1. The van der Waals surface area contributed by atoms with E-state index in [1.165, 1.54) is 6.07 Å². The van der Waals surface area contributed by atoms with Gasteiger partial charge in [-0.3, -0.25) is 9.59 Å². The maximum atomic E-state index is 12.7. The third kappa shape index (κ3) is 6.85. The molecule has 28 heavy (non-hydrogen) atoms. The van der Waals surface area contributed by atoms with E-state index in [9.17, 15) is 18.0 Å².